The maximum atomic E-state index is 14.1. The van der Waals surface area contributed by atoms with E-state index in [1.54, 1.807) is 6.33 Å². The molecule has 4 heterocycles. The Labute approximate surface area is 213 Å². The lowest BCUT2D eigenvalue weighted by atomic mass is 9.88. The lowest BCUT2D eigenvalue weighted by molar-refractivity contribution is -0.133. The largest absolute Gasteiger partial charge is 0.371 e. The van der Waals surface area contributed by atoms with Gasteiger partial charge in [0.15, 0.2) is 0 Å². The van der Waals surface area contributed by atoms with E-state index < -0.39 is 0 Å². The number of anilines is 1. The molecule has 2 aliphatic carbocycles. The molecule has 1 saturated carbocycles. The average molecular weight is 488 g/mol. The topological polar surface area (TPSA) is 70.6 Å². The molecule has 0 radical (unpaired) electrons. The molecule has 4 atom stereocenters. The number of benzene rings is 1. The van der Waals surface area contributed by atoms with Crippen molar-refractivity contribution in [1.29, 1.82) is 0 Å². The van der Waals surface area contributed by atoms with Gasteiger partial charge in [0.05, 0.1) is 18.2 Å². The van der Waals surface area contributed by atoms with E-state index in [9.17, 15) is 4.79 Å². The predicted octanol–water partition coefficient (Wildman–Crippen LogP) is 3.88. The summed E-state index contributed by atoms with van der Waals surface area (Å²) in [6.07, 6.45) is 7.59. The lowest BCUT2D eigenvalue weighted by Gasteiger charge is -2.39. The lowest BCUT2D eigenvalue weighted by Crippen LogP contribution is -2.53. The predicted molar refractivity (Wildman–Crippen MR) is 138 cm³/mol. The number of rotatable bonds is 5. The van der Waals surface area contributed by atoms with Crippen molar-refractivity contribution >= 4 is 11.7 Å². The van der Waals surface area contributed by atoms with Gasteiger partial charge in [-0.3, -0.25) is 4.79 Å². The number of carbonyl (C=O) groups is 1. The molecule has 5 aliphatic rings. The van der Waals surface area contributed by atoms with Crippen molar-refractivity contribution in [2.75, 3.05) is 37.7 Å². The van der Waals surface area contributed by atoms with Gasteiger partial charge >= 0.3 is 0 Å². The summed E-state index contributed by atoms with van der Waals surface area (Å²) in [5, 5.41) is 3.79. The molecule has 7 nitrogen and oxygen atoms in total. The first-order valence-electron chi connectivity index (χ1n) is 13.8. The fourth-order valence-electron chi connectivity index (χ4n) is 7.01. The fraction of sp³-hybridized carbons (Fsp3) is 0.621. The number of fused-ring (bicyclic) bond motifs is 5. The molecule has 7 heteroatoms. The van der Waals surface area contributed by atoms with Crippen LogP contribution in [0, 0.1) is 0 Å². The van der Waals surface area contributed by atoms with Gasteiger partial charge in [0.2, 0.25) is 5.91 Å². The van der Waals surface area contributed by atoms with Crippen molar-refractivity contribution in [3.8, 4) is 0 Å². The highest BCUT2D eigenvalue weighted by Crippen LogP contribution is 2.50. The number of nitrogens with one attached hydrogen (secondary N) is 1. The van der Waals surface area contributed by atoms with E-state index in [0.29, 0.717) is 5.92 Å². The van der Waals surface area contributed by atoms with Gasteiger partial charge in [-0.25, -0.2) is 9.97 Å². The zero-order valence-corrected chi connectivity index (χ0v) is 21.4. The Hall–Kier alpha value is -2.51. The summed E-state index contributed by atoms with van der Waals surface area (Å²) in [5.74, 6) is 2.34. The van der Waals surface area contributed by atoms with E-state index in [-0.39, 0.29) is 29.5 Å². The van der Waals surface area contributed by atoms with Crippen LogP contribution in [0.25, 0.3) is 0 Å². The minimum Gasteiger partial charge on any atom is -0.371 e. The molecule has 2 aromatic rings. The molecule has 2 bridgehead atoms. The molecule has 3 aliphatic heterocycles. The second kappa shape index (κ2) is 8.52. The molecule has 3 saturated heterocycles. The molecular weight excluding hydrogens is 450 g/mol. The molecule has 7 rings (SSSR count). The van der Waals surface area contributed by atoms with Gasteiger partial charge in [0.1, 0.15) is 18.2 Å². The van der Waals surface area contributed by atoms with Crippen LogP contribution in [-0.2, 0) is 9.53 Å². The van der Waals surface area contributed by atoms with Gasteiger partial charge in [-0.2, -0.15) is 0 Å². The maximum Gasteiger partial charge on any atom is 0.231 e. The number of aromatic nitrogens is 2. The second-order valence-corrected chi connectivity index (χ2v) is 12.2. The summed E-state index contributed by atoms with van der Waals surface area (Å²) in [4.78, 5) is 27.8. The molecule has 4 fully saturated rings. The first kappa shape index (κ1) is 22.7. The Morgan fingerprint density at radius 3 is 2.53 bits per heavy atom. The standard InChI is InChI=1S/C29H37N5O2/c1-29(2)10-9-22(32-29)24(20-7-5-19(6-8-20)18-3-4-18)28(35)34-13-11-33(12-14-34)27-25-21-15-23(36-16-21)26(25)30-17-31-27/h5-8,17-18,21-24,32H,3-4,9-16H2,1-2H3/t21-,22-,23-,24-/m0/s1. The molecule has 1 amide bonds. The van der Waals surface area contributed by atoms with Gasteiger partial charge in [0.25, 0.3) is 0 Å². The smallest absolute Gasteiger partial charge is 0.231 e. The van der Waals surface area contributed by atoms with Crippen molar-refractivity contribution < 1.29 is 9.53 Å². The highest BCUT2D eigenvalue weighted by molar-refractivity contribution is 5.85. The molecule has 190 valence electrons. The maximum absolute atomic E-state index is 14.1. The molecule has 0 spiro atoms. The first-order chi connectivity index (χ1) is 17.5. The van der Waals surface area contributed by atoms with E-state index in [1.807, 2.05) is 0 Å². The minimum atomic E-state index is -0.136. The van der Waals surface area contributed by atoms with Crippen LogP contribution in [0.1, 0.15) is 92.2 Å². The number of carbonyl (C=O) groups excluding carboxylic acids is 1. The summed E-state index contributed by atoms with van der Waals surface area (Å²) in [6, 6.07) is 9.15. The molecule has 1 aromatic carbocycles. The molecule has 1 N–H and O–H groups in total. The Kier molecular flexibility index (Phi) is 5.37. The van der Waals surface area contributed by atoms with E-state index >= 15 is 0 Å². The zero-order valence-electron chi connectivity index (χ0n) is 21.4. The quantitative estimate of drug-likeness (QED) is 0.690. The Morgan fingerprint density at radius 1 is 1.06 bits per heavy atom. The Morgan fingerprint density at radius 2 is 1.83 bits per heavy atom. The first-order valence-corrected chi connectivity index (χ1v) is 13.8. The van der Waals surface area contributed by atoms with Crippen LogP contribution >= 0.6 is 0 Å². The van der Waals surface area contributed by atoms with Crippen LogP contribution in [0.5, 0.6) is 0 Å². The normalized spacial score (nSPS) is 29.4. The van der Waals surface area contributed by atoms with E-state index in [2.05, 4.69) is 58.2 Å². The van der Waals surface area contributed by atoms with Crippen LogP contribution in [0.3, 0.4) is 0 Å². The van der Waals surface area contributed by atoms with Crippen LogP contribution < -0.4 is 10.2 Å². The van der Waals surface area contributed by atoms with Crippen molar-refractivity contribution in [3.05, 3.63) is 53.0 Å². The fourth-order valence-corrected chi connectivity index (χ4v) is 7.01. The van der Waals surface area contributed by atoms with E-state index in [4.69, 9.17) is 9.72 Å². The third kappa shape index (κ3) is 3.91. The number of hydrogen-bond donors (Lipinski definition) is 1. The summed E-state index contributed by atoms with van der Waals surface area (Å²) in [7, 11) is 0. The van der Waals surface area contributed by atoms with Crippen LogP contribution in [0.4, 0.5) is 5.82 Å². The second-order valence-electron chi connectivity index (χ2n) is 12.2. The Balaban J connectivity index is 1.09. The van der Waals surface area contributed by atoms with Crippen molar-refractivity contribution in [2.45, 2.75) is 81.4 Å². The van der Waals surface area contributed by atoms with Crippen molar-refractivity contribution in [1.82, 2.24) is 20.2 Å². The molecule has 0 unspecified atom stereocenters. The van der Waals surface area contributed by atoms with Crippen molar-refractivity contribution in [3.63, 3.8) is 0 Å². The van der Waals surface area contributed by atoms with Gasteiger partial charge in [-0.1, -0.05) is 24.3 Å². The zero-order chi connectivity index (χ0) is 24.4. The number of nitrogens with zero attached hydrogens (tertiary/aromatic N) is 4. The summed E-state index contributed by atoms with van der Waals surface area (Å²) in [5.41, 5.74) is 5.03. The van der Waals surface area contributed by atoms with Crippen LogP contribution in [0.15, 0.2) is 30.6 Å². The van der Waals surface area contributed by atoms with Gasteiger partial charge in [-0.15, -0.1) is 0 Å². The Bertz CT molecular complexity index is 1150. The number of hydrogen-bond acceptors (Lipinski definition) is 6. The summed E-state index contributed by atoms with van der Waals surface area (Å²) < 4.78 is 5.86. The van der Waals surface area contributed by atoms with E-state index in [1.165, 1.54) is 24.0 Å². The van der Waals surface area contributed by atoms with Gasteiger partial charge < -0.3 is 19.9 Å². The third-order valence-electron chi connectivity index (χ3n) is 9.16. The monoisotopic (exact) mass is 487 g/mol. The number of ether oxygens (including phenoxy) is 1. The molecule has 36 heavy (non-hydrogen) atoms. The highest BCUT2D eigenvalue weighted by atomic mass is 16.5. The third-order valence-corrected chi connectivity index (χ3v) is 9.16. The number of amides is 1. The average Bonchev–Trinajstić information content (AvgIpc) is 3.38. The molecule has 1 aromatic heterocycles. The van der Waals surface area contributed by atoms with E-state index in [0.717, 1.165) is 75.0 Å². The highest BCUT2D eigenvalue weighted by Gasteiger charge is 2.44. The summed E-state index contributed by atoms with van der Waals surface area (Å²) >= 11 is 0. The van der Waals surface area contributed by atoms with Gasteiger partial charge in [-0.05, 0) is 63.0 Å². The van der Waals surface area contributed by atoms with Crippen molar-refractivity contribution in [2.24, 2.45) is 0 Å². The summed E-state index contributed by atoms with van der Waals surface area (Å²) in [6.45, 7) is 8.36. The molecular formula is C29H37N5O2. The number of piperazine rings is 1. The van der Waals surface area contributed by atoms with Gasteiger partial charge in [0, 0.05) is 49.2 Å². The van der Waals surface area contributed by atoms with Crippen LogP contribution in [-0.4, -0.2) is 65.1 Å². The SMILES string of the molecule is CC1(C)CC[C@@H]([C@@H](C(=O)N2CCN(c3ncnc4c3[C@@H]3CO[C@H]4C3)CC2)c2ccc(C3CC3)cc2)N1. The minimum absolute atomic E-state index is 0.0757. The van der Waals surface area contributed by atoms with Crippen LogP contribution in [0.2, 0.25) is 0 Å².